The maximum absolute atomic E-state index is 14.0. The molecule has 0 spiro atoms. The second-order valence-corrected chi connectivity index (χ2v) is 8.02. The predicted octanol–water partition coefficient (Wildman–Crippen LogP) is 5.64. The zero-order chi connectivity index (χ0) is 24.9. The Labute approximate surface area is 190 Å². The number of aryl methyl sites for hydroxylation is 2. The average molecular weight is 480 g/mol. The van der Waals surface area contributed by atoms with E-state index in [-0.39, 0.29) is 27.5 Å². The Bertz CT molecular complexity index is 1240. The molecule has 0 fully saturated rings. The van der Waals surface area contributed by atoms with E-state index in [1.807, 2.05) is 0 Å². The standard InChI is InChI=1S/C23H18F6N4O/c1-13-3-7-15(8-4-13)17-11-19(22(24,25)26)31-20(30-17)33-21(34,23(27,28)29)12-18(32-33)16-9-5-14(2)6-10-16/h3-11,34H,12H2,1-2H3. The van der Waals surface area contributed by atoms with Crippen LogP contribution in [0.4, 0.5) is 32.3 Å². The fourth-order valence-electron chi connectivity index (χ4n) is 3.43. The molecule has 1 atom stereocenters. The number of aliphatic hydroxyl groups is 1. The Balaban J connectivity index is 1.90. The summed E-state index contributed by atoms with van der Waals surface area (Å²) in [5, 5.41) is 14.5. The number of anilines is 1. The van der Waals surface area contributed by atoms with Crippen LogP contribution in [-0.4, -0.2) is 32.7 Å². The van der Waals surface area contributed by atoms with Gasteiger partial charge in [0.2, 0.25) is 5.95 Å². The Morgan fingerprint density at radius 3 is 1.85 bits per heavy atom. The highest BCUT2D eigenvalue weighted by Crippen LogP contribution is 2.44. The summed E-state index contributed by atoms with van der Waals surface area (Å²) in [6, 6.07) is 13.2. The quantitative estimate of drug-likeness (QED) is 0.493. The number of nitrogens with zero attached hydrogens (tertiary/aromatic N) is 4. The van der Waals surface area contributed by atoms with Gasteiger partial charge in [-0.1, -0.05) is 59.7 Å². The molecule has 34 heavy (non-hydrogen) atoms. The van der Waals surface area contributed by atoms with Crippen molar-refractivity contribution in [2.75, 3.05) is 5.01 Å². The third kappa shape index (κ3) is 4.35. The average Bonchev–Trinajstić information content (AvgIpc) is 3.13. The van der Waals surface area contributed by atoms with Gasteiger partial charge in [-0.05, 0) is 25.5 Å². The Morgan fingerprint density at radius 2 is 1.35 bits per heavy atom. The van der Waals surface area contributed by atoms with E-state index < -0.39 is 36.1 Å². The summed E-state index contributed by atoms with van der Waals surface area (Å²) in [7, 11) is 0. The summed E-state index contributed by atoms with van der Waals surface area (Å²) in [5.74, 6) is -1.02. The molecule has 0 saturated carbocycles. The Morgan fingerprint density at radius 1 is 0.824 bits per heavy atom. The van der Waals surface area contributed by atoms with E-state index in [2.05, 4.69) is 15.1 Å². The summed E-state index contributed by atoms with van der Waals surface area (Å²) in [6.07, 6.45) is -11.3. The first kappa shape index (κ1) is 23.7. The number of rotatable bonds is 3. The molecule has 1 aromatic heterocycles. The van der Waals surface area contributed by atoms with E-state index in [0.29, 0.717) is 6.07 Å². The first-order valence-electron chi connectivity index (χ1n) is 10.0. The molecule has 2 heterocycles. The minimum Gasteiger partial charge on any atom is -0.362 e. The molecule has 11 heteroatoms. The smallest absolute Gasteiger partial charge is 0.362 e. The normalized spacial score (nSPS) is 18.9. The largest absolute Gasteiger partial charge is 0.438 e. The summed E-state index contributed by atoms with van der Waals surface area (Å²) in [5.41, 5.74) is -3.35. The van der Waals surface area contributed by atoms with Crippen LogP contribution in [0.15, 0.2) is 59.7 Å². The second kappa shape index (κ2) is 8.08. The maximum atomic E-state index is 14.0. The number of hydrogen-bond donors (Lipinski definition) is 1. The molecular weight excluding hydrogens is 462 g/mol. The highest BCUT2D eigenvalue weighted by atomic mass is 19.4. The van der Waals surface area contributed by atoms with Crippen molar-refractivity contribution < 1.29 is 31.4 Å². The highest BCUT2D eigenvalue weighted by Gasteiger charge is 2.63. The third-order valence-electron chi connectivity index (χ3n) is 5.37. The molecule has 1 aliphatic rings. The van der Waals surface area contributed by atoms with E-state index in [4.69, 9.17) is 0 Å². The summed E-state index contributed by atoms with van der Waals surface area (Å²) in [6.45, 7) is 3.55. The summed E-state index contributed by atoms with van der Waals surface area (Å²) >= 11 is 0. The van der Waals surface area contributed by atoms with Gasteiger partial charge in [-0.15, -0.1) is 0 Å². The molecule has 1 aliphatic heterocycles. The fourth-order valence-corrected chi connectivity index (χ4v) is 3.43. The maximum Gasteiger partial charge on any atom is 0.438 e. The lowest BCUT2D eigenvalue weighted by Crippen LogP contribution is -2.55. The van der Waals surface area contributed by atoms with Gasteiger partial charge in [0.05, 0.1) is 17.8 Å². The van der Waals surface area contributed by atoms with Crippen molar-refractivity contribution in [1.82, 2.24) is 9.97 Å². The molecule has 0 bridgehead atoms. The molecule has 1 N–H and O–H groups in total. The summed E-state index contributed by atoms with van der Waals surface area (Å²) < 4.78 is 82.8. The van der Waals surface area contributed by atoms with Gasteiger partial charge in [0.1, 0.15) is 0 Å². The van der Waals surface area contributed by atoms with Crippen molar-refractivity contribution in [3.63, 3.8) is 0 Å². The van der Waals surface area contributed by atoms with Gasteiger partial charge < -0.3 is 5.11 Å². The van der Waals surface area contributed by atoms with E-state index in [9.17, 15) is 31.4 Å². The zero-order valence-electron chi connectivity index (χ0n) is 17.9. The van der Waals surface area contributed by atoms with Crippen molar-refractivity contribution in [3.8, 4) is 11.3 Å². The van der Waals surface area contributed by atoms with Gasteiger partial charge in [-0.3, -0.25) is 0 Å². The lowest BCUT2D eigenvalue weighted by Gasteiger charge is -2.32. The van der Waals surface area contributed by atoms with Gasteiger partial charge in [-0.2, -0.15) is 36.5 Å². The monoisotopic (exact) mass is 480 g/mol. The minimum absolute atomic E-state index is 0.0229. The first-order valence-corrected chi connectivity index (χ1v) is 10.0. The van der Waals surface area contributed by atoms with Crippen molar-refractivity contribution in [2.24, 2.45) is 5.10 Å². The number of hydrazone groups is 1. The van der Waals surface area contributed by atoms with Gasteiger partial charge in [0.15, 0.2) is 5.69 Å². The van der Waals surface area contributed by atoms with Crippen molar-refractivity contribution in [3.05, 3.63) is 77.0 Å². The van der Waals surface area contributed by atoms with Crippen LogP contribution in [0.3, 0.4) is 0 Å². The van der Waals surface area contributed by atoms with Crippen LogP contribution in [0.1, 0.15) is 28.8 Å². The van der Waals surface area contributed by atoms with E-state index in [1.165, 1.54) is 24.3 Å². The van der Waals surface area contributed by atoms with Crippen molar-refractivity contribution in [2.45, 2.75) is 38.3 Å². The van der Waals surface area contributed by atoms with Gasteiger partial charge in [0, 0.05) is 5.56 Å². The van der Waals surface area contributed by atoms with Crippen molar-refractivity contribution in [1.29, 1.82) is 0 Å². The van der Waals surface area contributed by atoms with Crippen LogP contribution >= 0.6 is 0 Å². The fraction of sp³-hybridized carbons (Fsp3) is 0.261. The van der Waals surface area contributed by atoms with E-state index in [0.717, 1.165) is 11.1 Å². The molecular formula is C23H18F6N4O. The molecule has 0 aliphatic carbocycles. The lowest BCUT2D eigenvalue weighted by molar-refractivity contribution is -0.254. The molecule has 4 rings (SSSR count). The number of hydrogen-bond acceptors (Lipinski definition) is 5. The van der Waals surface area contributed by atoms with Crippen LogP contribution < -0.4 is 5.01 Å². The SMILES string of the molecule is Cc1ccc(C2=NN(c3nc(-c4ccc(C)cc4)cc(C(F)(F)F)n3)C(O)(C(F)(F)F)C2)cc1. The predicted molar refractivity (Wildman–Crippen MR) is 113 cm³/mol. The van der Waals surface area contributed by atoms with Crippen LogP contribution in [0.2, 0.25) is 0 Å². The first-order chi connectivity index (χ1) is 15.8. The van der Waals surface area contributed by atoms with Crippen LogP contribution in [0.25, 0.3) is 11.3 Å². The van der Waals surface area contributed by atoms with E-state index in [1.54, 1.807) is 38.1 Å². The Kier molecular flexibility index (Phi) is 5.63. The van der Waals surface area contributed by atoms with Crippen molar-refractivity contribution >= 4 is 11.7 Å². The number of halogens is 6. The number of benzene rings is 2. The minimum atomic E-state index is -5.27. The third-order valence-corrected chi connectivity index (χ3v) is 5.37. The highest BCUT2D eigenvalue weighted by molar-refractivity contribution is 6.03. The molecule has 0 saturated heterocycles. The Hall–Kier alpha value is -3.47. The zero-order valence-corrected chi connectivity index (χ0v) is 17.9. The number of alkyl halides is 6. The topological polar surface area (TPSA) is 61.6 Å². The summed E-state index contributed by atoms with van der Waals surface area (Å²) in [4.78, 5) is 7.23. The van der Waals surface area contributed by atoms with Gasteiger partial charge in [0.25, 0.3) is 5.72 Å². The molecule has 5 nitrogen and oxygen atoms in total. The van der Waals surface area contributed by atoms with Gasteiger partial charge >= 0.3 is 12.4 Å². The molecule has 2 aromatic carbocycles. The van der Waals surface area contributed by atoms with Crippen LogP contribution in [0, 0.1) is 13.8 Å². The molecule has 3 aromatic rings. The second-order valence-electron chi connectivity index (χ2n) is 8.02. The molecule has 178 valence electrons. The molecule has 1 unspecified atom stereocenters. The number of aromatic nitrogens is 2. The molecule has 0 radical (unpaired) electrons. The lowest BCUT2D eigenvalue weighted by atomic mass is 10.0. The molecule has 0 amide bonds. The van der Waals surface area contributed by atoms with Crippen LogP contribution in [-0.2, 0) is 6.18 Å². The van der Waals surface area contributed by atoms with Gasteiger partial charge in [-0.25, -0.2) is 9.97 Å². The van der Waals surface area contributed by atoms with E-state index >= 15 is 0 Å². The van der Waals surface area contributed by atoms with Crippen LogP contribution in [0.5, 0.6) is 0 Å².